The van der Waals surface area contributed by atoms with Gasteiger partial charge in [-0.3, -0.25) is 0 Å². The van der Waals surface area contributed by atoms with Crippen molar-refractivity contribution in [1.82, 2.24) is 9.97 Å². The highest BCUT2D eigenvalue weighted by Crippen LogP contribution is 2.35. The number of benzene rings is 1. The molecule has 1 aromatic heterocycles. The van der Waals surface area contributed by atoms with Crippen LogP contribution in [-0.2, 0) is 26.7 Å². The van der Waals surface area contributed by atoms with Gasteiger partial charge in [-0.15, -0.1) is 0 Å². The number of sulfonamides is 1. The maximum Gasteiger partial charge on any atom is 0.416 e. The third-order valence-corrected chi connectivity index (χ3v) is 5.33. The molecule has 0 aliphatic carbocycles. The first kappa shape index (κ1) is 23.4. The van der Waals surface area contributed by atoms with E-state index in [9.17, 15) is 39.6 Å². The van der Waals surface area contributed by atoms with Crippen molar-refractivity contribution in [3.63, 3.8) is 0 Å². The van der Waals surface area contributed by atoms with Gasteiger partial charge in [0, 0.05) is 18.0 Å². The van der Waals surface area contributed by atoms with Crippen molar-refractivity contribution < 1.29 is 44.3 Å². The summed E-state index contributed by atoms with van der Waals surface area (Å²) >= 11 is 0. The highest BCUT2D eigenvalue weighted by Gasteiger charge is 2.38. The van der Waals surface area contributed by atoms with Crippen molar-refractivity contribution in [2.45, 2.75) is 18.4 Å². The number of carbonyl (C=O) groups excluding carboxylic acids is 1. The van der Waals surface area contributed by atoms with Crippen molar-refractivity contribution in [3.05, 3.63) is 53.2 Å². The molecule has 0 unspecified atom stereocenters. The molecule has 0 bridgehead atoms. The van der Waals surface area contributed by atoms with E-state index in [1.165, 1.54) is 0 Å². The summed E-state index contributed by atoms with van der Waals surface area (Å²) < 4.78 is 110. The lowest BCUT2D eigenvalue weighted by atomic mass is 10.1. The van der Waals surface area contributed by atoms with E-state index in [0.717, 1.165) is 25.6 Å². The Labute approximate surface area is 166 Å². The Kier molecular flexibility index (Phi) is 6.90. The number of methoxy groups -OCH3 is 1. The van der Waals surface area contributed by atoms with Gasteiger partial charge in [0.05, 0.1) is 25.0 Å². The maximum absolute atomic E-state index is 14.1. The summed E-state index contributed by atoms with van der Waals surface area (Å²) in [6.07, 6.45) is -6.60. The Morgan fingerprint density at radius 1 is 1.20 bits per heavy atom. The molecule has 0 aliphatic rings. The second kappa shape index (κ2) is 8.85. The molecular formula is C16H13F6N3O4S. The molecule has 164 valence electrons. The molecule has 0 atom stereocenters. The zero-order valence-corrected chi connectivity index (χ0v) is 15.8. The van der Waals surface area contributed by atoms with E-state index >= 15 is 0 Å². The molecule has 0 N–H and O–H groups in total. The zero-order valence-electron chi connectivity index (χ0n) is 15.0. The van der Waals surface area contributed by atoms with Gasteiger partial charge in [-0.1, -0.05) is 6.07 Å². The van der Waals surface area contributed by atoms with Crippen LogP contribution in [0, 0.1) is 5.82 Å². The van der Waals surface area contributed by atoms with Crippen molar-refractivity contribution in [1.29, 1.82) is 0 Å². The van der Waals surface area contributed by atoms with Crippen LogP contribution in [0.5, 0.6) is 0 Å². The van der Waals surface area contributed by atoms with Crippen molar-refractivity contribution in [3.8, 4) is 0 Å². The van der Waals surface area contributed by atoms with Crippen LogP contribution < -0.4 is 4.31 Å². The Morgan fingerprint density at radius 3 is 2.40 bits per heavy atom. The molecule has 0 aliphatic heterocycles. The molecule has 30 heavy (non-hydrogen) atoms. The molecule has 1 heterocycles. The summed E-state index contributed by atoms with van der Waals surface area (Å²) in [6, 6.07) is 1.77. The highest BCUT2D eigenvalue weighted by atomic mass is 32.2. The highest BCUT2D eigenvalue weighted by molar-refractivity contribution is 7.92. The van der Waals surface area contributed by atoms with E-state index in [4.69, 9.17) is 0 Å². The first-order valence-electron chi connectivity index (χ1n) is 7.91. The topological polar surface area (TPSA) is 89.5 Å². The number of hydrogen-bond acceptors (Lipinski definition) is 6. The first-order chi connectivity index (χ1) is 13.9. The molecule has 0 saturated heterocycles. The minimum absolute atomic E-state index is 0.0937. The summed E-state index contributed by atoms with van der Waals surface area (Å²) in [5.41, 5.74) is -3.63. The molecule has 1 aromatic carbocycles. The van der Waals surface area contributed by atoms with Crippen molar-refractivity contribution in [2.75, 3.05) is 18.0 Å². The van der Waals surface area contributed by atoms with E-state index in [2.05, 4.69) is 14.7 Å². The number of alkyl halides is 5. The monoisotopic (exact) mass is 457 g/mol. The second-order valence-electron chi connectivity index (χ2n) is 5.66. The summed E-state index contributed by atoms with van der Waals surface area (Å²) in [6.45, 7) is -1.57. The van der Waals surface area contributed by atoms with Crippen LogP contribution in [0.15, 0.2) is 30.6 Å². The lowest BCUT2D eigenvalue weighted by molar-refractivity contribution is -0.138. The van der Waals surface area contributed by atoms with E-state index < -0.39 is 69.3 Å². The predicted molar refractivity (Wildman–Crippen MR) is 90.7 cm³/mol. The first-order valence-corrected chi connectivity index (χ1v) is 9.52. The van der Waals surface area contributed by atoms with Gasteiger partial charge < -0.3 is 4.74 Å². The lowest BCUT2D eigenvalue weighted by Crippen LogP contribution is -2.38. The molecule has 0 saturated carbocycles. The van der Waals surface area contributed by atoms with Gasteiger partial charge in [0.15, 0.2) is 11.5 Å². The second-order valence-corrected chi connectivity index (χ2v) is 7.56. The number of anilines is 1. The molecule has 0 radical (unpaired) electrons. The Bertz CT molecular complexity index is 1030. The number of esters is 1. The van der Waals surface area contributed by atoms with Gasteiger partial charge in [0.2, 0.25) is 10.0 Å². The summed E-state index contributed by atoms with van der Waals surface area (Å²) in [5, 5.41) is 0. The average molecular weight is 457 g/mol. The molecule has 0 fully saturated rings. The van der Waals surface area contributed by atoms with Gasteiger partial charge in [-0.25, -0.2) is 40.7 Å². The standard InChI is InChI=1S/C16H13F6N3O4S/c1-29-15(26)13-14(24-6-5-23-13)25(7-12(18)19)30(27,28)8-9-10(16(20,21)22)3-2-4-11(9)17/h2-6,12H,7-8H2,1H3. The minimum Gasteiger partial charge on any atom is -0.464 e. The van der Waals surface area contributed by atoms with Gasteiger partial charge in [-0.05, 0) is 12.1 Å². The minimum atomic E-state index is -5.11. The number of aromatic nitrogens is 2. The van der Waals surface area contributed by atoms with Crippen molar-refractivity contribution in [2.24, 2.45) is 0 Å². The zero-order chi connectivity index (χ0) is 22.7. The van der Waals surface area contributed by atoms with E-state index in [1.54, 1.807) is 0 Å². The fourth-order valence-electron chi connectivity index (χ4n) is 2.44. The Hall–Kier alpha value is -2.90. The largest absolute Gasteiger partial charge is 0.464 e. The molecule has 7 nitrogen and oxygen atoms in total. The predicted octanol–water partition coefficient (Wildman–Crippen LogP) is 3.02. The maximum atomic E-state index is 14.1. The molecule has 2 aromatic rings. The smallest absolute Gasteiger partial charge is 0.416 e. The number of ether oxygens (including phenoxy) is 1. The number of hydrogen-bond donors (Lipinski definition) is 0. The summed E-state index contributed by atoms with van der Waals surface area (Å²) in [4.78, 5) is 18.9. The van der Waals surface area contributed by atoms with E-state index in [-0.39, 0.29) is 4.31 Å². The molecule has 2 rings (SSSR count). The fourth-order valence-corrected chi connectivity index (χ4v) is 3.99. The Balaban J connectivity index is 2.62. The SMILES string of the molecule is COC(=O)c1nccnc1N(CC(F)F)S(=O)(=O)Cc1c(F)cccc1C(F)(F)F. The third kappa shape index (κ3) is 5.17. The van der Waals surface area contributed by atoms with Crippen LogP contribution in [0.4, 0.5) is 32.2 Å². The van der Waals surface area contributed by atoms with Crippen LogP contribution in [0.1, 0.15) is 21.6 Å². The number of rotatable bonds is 7. The molecular weight excluding hydrogens is 444 g/mol. The van der Waals surface area contributed by atoms with Gasteiger partial charge in [-0.2, -0.15) is 13.2 Å². The quantitative estimate of drug-likeness (QED) is 0.469. The molecule has 14 heteroatoms. The molecule has 0 amide bonds. The van der Waals surface area contributed by atoms with Crippen LogP contribution >= 0.6 is 0 Å². The van der Waals surface area contributed by atoms with Crippen LogP contribution in [-0.4, -0.2) is 44.4 Å². The summed E-state index contributed by atoms with van der Waals surface area (Å²) in [7, 11) is -4.19. The average Bonchev–Trinajstić information content (AvgIpc) is 2.66. The van der Waals surface area contributed by atoms with Gasteiger partial charge >= 0.3 is 12.1 Å². The normalized spacial score (nSPS) is 12.1. The lowest BCUT2D eigenvalue weighted by Gasteiger charge is -2.25. The summed E-state index contributed by atoms with van der Waals surface area (Å²) in [5.74, 6) is -5.25. The third-order valence-electron chi connectivity index (χ3n) is 3.68. The fraction of sp³-hybridized carbons (Fsp3) is 0.312. The number of halogens is 6. The Morgan fingerprint density at radius 2 is 1.83 bits per heavy atom. The van der Waals surface area contributed by atoms with E-state index in [0.29, 0.717) is 12.1 Å². The van der Waals surface area contributed by atoms with Crippen LogP contribution in [0.3, 0.4) is 0 Å². The van der Waals surface area contributed by atoms with E-state index in [1.807, 2.05) is 0 Å². The van der Waals surface area contributed by atoms with Crippen LogP contribution in [0.25, 0.3) is 0 Å². The molecule has 0 spiro atoms. The van der Waals surface area contributed by atoms with Crippen molar-refractivity contribution >= 4 is 21.8 Å². The number of nitrogens with zero attached hydrogens (tertiary/aromatic N) is 3. The van der Waals surface area contributed by atoms with Gasteiger partial charge in [0.25, 0.3) is 6.43 Å². The van der Waals surface area contributed by atoms with Crippen LogP contribution in [0.2, 0.25) is 0 Å². The van der Waals surface area contributed by atoms with Gasteiger partial charge in [0.1, 0.15) is 5.82 Å². The number of carbonyl (C=O) groups is 1.